The third kappa shape index (κ3) is 2.10. The van der Waals surface area contributed by atoms with Gasteiger partial charge >= 0.3 is 0 Å². The Morgan fingerprint density at radius 3 is 2.94 bits per heavy atom. The van der Waals surface area contributed by atoms with E-state index >= 15 is 0 Å². The Morgan fingerprint density at radius 1 is 1.33 bits per heavy atom. The zero-order valence-corrected chi connectivity index (χ0v) is 10.5. The van der Waals surface area contributed by atoms with Gasteiger partial charge in [-0.15, -0.1) is 0 Å². The van der Waals surface area contributed by atoms with Gasteiger partial charge in [0.15, 0.2) is 0 Å². The first kappa shape index (κ1) is 11.9. The van der Waals surface area contributed by atoms with Gasteiger partial charge in [-0.2, -0.15) is 0 Å². The van der Waals surface area contributed by atoms with E-state index in [1.807, 2.05) is 7.05 Å². The molecule has 4 heteroatoms. The zero-order chi connectivity index (χ0) is 12.5. The Bertz CT molecular complexity index is 432. The van der Waals surface area contributed by atoms with Crippen LogP contribution in [-0.2, 0) is 4.74 Å². The van der Waals surface area contributed by atoms with Crippen LogP contribution in [0.25, 0.3) is 0 Å². The lowest BCUT2D eigenvalue weighted by molar-refractivity contribution is -0.00413. The molecule has 1 aromatic carbocycles. The summed E-state index contributed by atoms with van der Waals surface area (Å²) in [5.41, 5.74) is 1.04. The van der Waals surface area contributed by atoms with Crippen molar-refractivity contribution in [2.45, 2.75) is 37.5 Å². The van der Waals surface area contributed by atoms with Gasteiger partial charge < -0.3 is 14.8 Å². The van der Waals surface area contributed by atoms with Crippen molar-refractivity contribution in [3.63, 3.8) is 0 Å². The molecular weight excluding hydrogens is 233 g/mol. The molecule has 3 unspecified atom stereocenters. The molecule has 0 radical (unpaired) electrons. The summed E-state index contributed by atoms with van der Waals surface area (Å²) in [6, 6.07) is 4.97. The first-order valence-corrected chi connectivity index (χ1v) is 6.53. The maximum absolute atomic E-state index is 13.3. The zero-order valence-electron chi connectivity index (χ0n) is 10.5. The van der Waals surface area contributed by atoms with E-state index in [1.54, 1.807) is 6.07 Å². The van der Waals surface area contributed by atoms with E-state index in [-0.39, 0.29) is 24.1 Å². The predicted octanol–water partition coefficient (Wildman–Crippen LogP) is 2.42. The average Bonchev–Trinajstić information content (AvgIpc) is 2.90. The molecule has 1 fully saturated rings. The SMILES string of the molecule is CNC1CC(C2CCCO2)Oc2cc(F)ccc21. The van der Waals surface area contributed by atoms with Crippen LogP contribution >= 0.6 is 0 Å². The highest BCUT2D eigenvalue weighted by Crippen LogP contribution is 2.37. The minimum absolute atomic E-state index is 0.0271. The van der Waals surface area contributed by atoms with Crippen molar-refractivity contribution in [1.82, 2.24) is 5.32 Å². The maximum Gasteiger partial charge on any atom is 0.127 e. The molecule has 1 N–H and O–H groups in total. The van der Waals surface area contributed by atoms with E-state index in [0.717, 1.165) is 31.4 Å². The molecule has 2 aliphatic rings. The number of nitrogens with one attached hydrogen (secondary N) is 1. The Labute approximate surface area is 106 Å². The number of benzene rings is 1. The third-order valence-corrected chi connectivity index (χ3v) is 3.83. The first-order valence-electron chi connectivity index (χ1n) is 6.53. The van der Waals surface area contributed by atoms with Gasteiger partial charge in [-0.1, -0.05) is 6.07 Å². The molecule has 2 heterocycles. The van der Waals surface area contributed by atoms with Crippen LogP contribution < -0.4 is 10.1 Å². The minimum atomic E-state index is -0.253. The van der Waals surface area contributed by atoms with Gasteiger partial charge in [0, 0.05) is 30.7 Å². The fourth-order valence-corrected chi connectivity index (χ4v) is 2.87. The van der Waals surface area contributed by atoms with E-state index in [4.69, 9.17) is 9.47 Å². The highest BCUT2D eigenvalue weighted by atomic mass is 19.1. The van der Waals surface area contributed by atoms with Gasteiger partial charge in [-0.3, -0.25) is 0 Å². The molecule has 1 aromatic rings. The molecule has 98 valence electrons. The van der Waals surface area contributed by atoms with Crippen LogP contribution in [0.5, 0.6) is 5.75 Å². The topological polar surface area (TPSA) is 30.5 Å². The Hall–Kier alpha value is -1.13. The number of fused-ring (bicyclic) bond motifs is 1. The molecule has 0 aliphatic carbocycles. The lowest BCUT2D eigenvalue weighted by Crippen LogP contribution is -2.39. The predicted molar refractivity (Wildman–Crippen MR) is 66.2 cm³/mol. The first-order chi connectivity index (χ1) is 8.78. The van der Waals surface area contributed by atoms with Gasteiger partial charge in [0.25, 0.3) is 0 Å². The van der Waals surface area contributed by atoms with Crippen LogP contribution in [0.15, 0.2) is 18.2 Å². The summed E-state index contributed by atoms with van der Waals surface area (Å²) < 4.78 is 24.9. The molecule has 3 atom stereocenters. The number of halogens is 1. The quantitative estimate of drug-likeness (QED) is 0.875. The molecule has 0 aromatic heterocycles. The number of rotatable bonds is 2. The monoisotopic (exact) mass is 251 g/mol. The lowest BCUT2D eigenvalue weighted by Gasteiger charge is -2.34. The summed E-state index contributed by atoms with van der Waals surface area (Å²) in [5.74, 6) is 0.401. The van der Waals surface area contributed by atoms with E-state index in [0.29, 0.717) is 5.75 Å². The molecular formula is C14H18FNO2. The normalized spacial score (nSPS) is 30.9. The van der Waals surface area contributed by atoms with Crippen molar-refractivity contribution in [2.75, 3.05) is 13.7 Å². The van der Waals surface area contributed by atoms with Gasteiger partial charge in [0.1, 0.15) is 17.7 Å². The fourth-order valence-electron chi connectivity index (χ4n) is 2.87. The van der Waals surface area contributed by atoms with Crippen molar-refractivity contribution in [3.8, 4) is 5.75 Å². The average molecular weight is 251 g/mol. The number of ether oxygens (including phenoxy) is 2. The second-order valence-electron chi connectivity index (χ2n) is 4.97. The molecule has 18 heavy (non-hydrogen) atoms. The molecule has 3 nitrogen and oxygen atoms in total. The fraction of sp³-hybridized carbons (Fsp3) is 0.571. The van der Waals surface area contributed by atoms with Crippen LogP contribution in [0.2, 0.25) is 0 Å². The van der Waals surface area contributed by atoms with Crippen molar-refractivity contribution >= 4 is 0 Å². The summed E-state index contributed by atoms with van der Waals surface area (Å²) in [4.78, 5) is 0. The van der Waals surface area contributed by atoms with Gasteiger partial charge in [-0.05, 0) is 26.0 Å². The Kier molecular flexibility index (Phi) is 3.22. The summed E-state index contributed by atoms with van der Waals surface area (Å²) in [6.07, 6.45) is 3.17. The van der Waals surface area contributed by atoms with Crippen LogP contribution in [0.3, 0.4) is 0 Å². The molecule has 1 saturated heterocycles. The Morgan fingerprint density at radius 2 is 2.22 bits per heavy atom. The third-order valence-electron chi connectivity index (χ3n) is 3.83. The second-order valence-corrected chi connectivity index (χ2v) is 4.97. The standard InChI is InChI=1S/C14H18FNO2/c1-16-11-8-14(12-3-2-6-17-12)18-13-7-9(15)4-5-10(11)13/h4-5,7,11-12,14,16H,2-3,6,8H2,1H3. The summed E-state index contributed by atoms with van der Waals surface area (Å²) in [7, 11) is 1.93. The van der Waals surface area contributed by atoms with Crippen molar-refractivity contribution in [3.05, 3.63) is 29.6 Å². The molecule has 2 aliphatic heterocycles. The maximum atomic E-state index is 13.3. The molecule has 0 bridgehead atoms. The van der Waals surface area contributed by atoms with E-state index < -0.39 is 0 Å². The van der Waals surface area contributed by atoms with Gasteiger partial charge in [0.2, 0.25) is 0 Å². The summed E-state index contributed by atoms with van der Waals surface area (Å²) >= 11 is 0. The highest BCUT2D eigenvalue weighted by Gasteiger charge is 2.35. The number of hydrogen-bond donors (Lipinski definition) is 1. The van der Waals surface area contributed by atoms with Gasteiger partial charge in [0.05, 0.1) is 6.10 Å². The molecule has 0 amide bonds. The van der Waals surface area contributed by atoms with Crippen molar-refractivity contribution in [2.24, 2.45) is 0 Å². The van der Waals surface area contributed by atoms with Crippen LogP contribution in [0.4, 0.5) is 4.39 Å². The summed E-state index contributed by atoms with van der Waals surface area (Å²) in [6.45, 7) is 0.810. The Balaban J connectivity index is 1.87. The smallest absolute Gasteiger partial charge is 0.127 e. The van der Waals surface area contributed by atoms with Crippen LogP contribution in [0.1, 0.15) is 30.9 Å². The second kappa shape index (κ2) is 4.86. The molecule has 3 rings (SSSR count). The number of hydrogen-bond acceptors (Lipinski definition) is 3. The summed E-state index contributed by atoms with van der Waals surface area (Å²) in [5, 5.41) is 3.28. The lowest BCUT2D eigenvalue weighted by atomic mass is 9.93. The molecule has 0 saturated carbocycles. The van der Waals surface area contributed by atoms with Crippen molar-refractivity contribution in [1.29, 1.82) is 0 Å². The minimum Gasteiger partial charge on any atom is -0.487 e. The van der Waals surface area contributed by atoms with Crippen LogP contribution in [0, 0.1) is 5.82 Å². The van der Waals surface area contributed by atoms with Gasteiger partial charge in [-0.25, -0.2) is 4.39 Å². The largest absolute Gasteiger partial charge is 0.487 e. The van der Waals surface area contributed by atoms with E-state index in [9.17, 15) is 4.39 Å². The van der Waals surface area contributed by atoms with E-state index in [1.165, 1.54) is 12.1 Å². The van der Waals surface area contributed by atoms with Crippen LogP contribution in [-0.4, -0.2) is 25.9 Å². The van der Waals surface area contributed by atoms with Crippen molar-refractivity contribution < 1.29 is 13.9 Å². The molecule has 0 spiro atoms. The highest BCUT2D eigenvalue weighted by molar-refractivity contribution is 5.38. The van der Waals surface area contributed by atoms with E-state index in [2.05, 4.69) is 5.32 Å².